The quantitative estimate of drug-likeness (QED) is 0.858. The fraction of sp³-hybridized carbons (Fsp3) is 0.429. The van der Waals surface area contributed by atoms with Gasteiger partial charge in [-0.05, 0) is 18.6 Å². The molecule has 0 unspecified atom stereocenters. The number of carboxylic acid groups (broad SMARTS) is 1. The summed E-state index contributed by atoms with van der Waals surface area (Å²) in [6, 6.07) is 1.40. The van der Waals surface area contributed by atoms with Crippen molar-refractivity contribution in [2.24, 2.45) is 0 Å². The molecule has 132 valence electrons. The Morgan fingerprint density at radius 3 is 2.46 bits per heavy atom. The number of carboxylic acids is 1. The number of carbonyl (C=O) groups excluding carboxylic acids is 1. The van der Waals surface area contributed by atoms with E-state index >= 15 is 0 Å². The predicted molar refractivity (Wildman–Crippen MR) is 84.0 cm³/mol. The molecule has 1 saturated heterocycles. The number of benzene rings is 1. The van der Waals surface area contributed by atoms with Crippen molar-refractivity contribution in [3.8, 4) is 0 Å². The zero-order valence-electron chi connectivity index (χ0n) is 12.8. The van der Waals surface area contributed by atoms with Gasteiger partial charge in [-0.3, -0.25) is 4.79 Å². The van der Waals surface area contributed by atoms with Crippen LogP contribution < -0.4 is 0 Å². The van der Waals surface area contributed by atoms with Gasteiger partial charge in [0.25, 0.3) is 0 Å². The first-order valence-electron chi connectivity index (χ1n) is 7.12. The molecule has 1 aliphatic heterocycles. The SMILES string of the molecule is CC(=O)N1CCCN(S(=O)(=O)c2cc(C(=O)O)c(Cl)cc2F)CC1. The van der Waals surface area contributed by atoms with E-state index in [0.717, 1.165) is 10.4 Å². The third kappa shape index (κ3) is 3.68. The minimum Gasteiger partial charge on any atom is -0.478 e. The Hall–Kier alpha value is -1.71. The van der Waals surface area contributed by atoms with Gasteiger partial charge in [0.05, 0.1) is 10.6 Å². The molecule has 0 saturated carbocycles. The van der Waals surface area contributed by atoms with Gasteiger partial charge in [-0.15, -0.1) is 0 Å². The Bertz CT molecular complexity index is 784. The van der Waals surface area contributed by atoms with E-state index in [1.807, 2.05) is 0 Å². The van der Waals surface area contributed by atoms with Crippen LogP contribution in [-0.2, 0) is 14.8 Å². The Kier molecular flexibility index (Phi) is 5.46. The molecule has 7 nitrogen and oxygen atoms in total. The minimum absolute atomic E-state index is 0.00633. The number of rotatable bonds is 3. The highest BCUT2D eigenvalue weighted by Gasteiger charge is 2.31. The molecule has 0 atom stereocenters. The maximum atomic E-state index is 14.1. The molecule has 0 spiro atoms. The van der Waals surface area contributed by atoms with Crippen molar-refractivity contribution in [1.82, 2.24) is 9.21 Å². The van der Waals surface area contributed by atoms with E-state index in [-0.39, 0.29) is 30.6 Å². The summed E-state index contributed by atoms with van der Waals surface area (Å²) >= 11 is 5.64. The van der Waals surface area contributed by atoms with Gasteiger partial charge in [0, 0.05) is 33.1 Å². The van der Waals surface area contributed by atoms with Gasteiger partial charge in [-0.2, -0.15) is 4.31 Å². The van der Waals surface area contributed by atoms with Crippen molar-refractivity contribution >= 4 is 33.5 Å². The van der Waals surface area contributed by atoms with Crippen molar-refractivity contribution in [2.75, 3.05) is 26.2 Å². The topological polar surface area (TPSA) is 95.0 Å². The molecule has 1 N–H and O–H groups in total. The zero-order valence-corrected chi connectivity index (χ0v) is 14.4. The van der Waals surface area contributed by atoms with Crippen LogP contribution in [0.1, 0.15) is 23.7 Å². The number of nitrogens with zero attached hydrogens (tertiary/aromatic N) is 2. The van der Waals surface area contributed by atoms with Gasteiger partial charge in [0.15, 0.2) is 0 Å². The average Bonchev–Trinajstić information content (AvgIpc) is 2.72. The van der Waals surface area contributed by atoms with Crippen LogP contribution in [0.5, 0.6) is 0 Å². The van der Waals surface area contributed by atoms with Crippen LogP contribution in [0.15, 0.2) is 17.0 Å². The van der Waals surface area contributed by atoms with Crippen LogP contribution in [0.25, 0.3) is 0 Å². The van der Waals surface area contributed by atoms with Crippen molar-refractivity contribution in [2.45, 2.75) is 18.2 Å². The number of hydrogen-bond acceptors (Lipinski definition) is 4. The number of aromatic carboxylic acids is 1. The summed E-state index contributed by atoms with van der Waals surface area (Å²) in [7, 11) is -4.24. The number of hydrogen-bond donors (Lipinski definition) is 1. The highest BCUT2D eigenvalue weighted by molar-refractivity contribution is 7.89. The molecule has 1 aromatic rings. The Morgan fingerprint density at radius 2 is 1.88 bits per heavy atom. The van der Waals surface area contributed by atoms with Crippen LogP contribution in [0.2, 0.25) is 5.02 Å². The summed E-state index contributed by atoms with van der Waals surface area (Å²) in [5.74, 6) is -2.73. The van der Waals surface area contributed by atoms with Crippen molar-refractivity contribution < 1.29 is 27.5 Å². The molecular weight excluding hydrogens is 363 g/mol. The molecule has 24 heavy (non-hydrogen) atoms. The van der Waals surface area contributed by atoms with Crippen LogP contribution in [0.3, 0.4) is 0 Å². The predicted octanol–water partition coefficient (Wildman–Crippen LogP) is 1.42. The monoisotopic (exact) mass is 378 g/mol. The van der Waals surface area contributed by atoms with Crippen molar-refractivity contribution in [1.29, 1.82) is 0 Å². The lowest BCUT2D eigenvalue weighted by atomic mass is 10.2. The summed E-state index contributed by atoms with van der Waals surface area (Å²) < 4.78 is 40.5. The van der Waals surface area contributed by atoms with E-state index in [1.165, 1.54) is 11.8 Å². The van der Waals surface area contributed by atoms with E-state index in [2.05, 4.69) is 0 Å². The molecule has 2 rings (SSSR count). The summed E-state index contributed by atoms with van der Waals surface area (Å²) in [6.45, 7) is 2.10. The fourth-order valence-electron chi connectivity index (χ4n) is 2.48. The van der Waals surface area contributed by atoms with Gasteiger partial charge < -0.3 is 10.0 Å². The zero-order chi connectivity index (χ0) is 18.1. The number of amides is 1. The molecule has 0 radical (unpaired) electrons. The maximum absolute atomic E-state index is 14.1. The van der Waals surface area contributed by atoms with E-state index in [1.54, 1.807) is 0 Å². The first kappa shape index (κ1) is 18.6. The Morgan fingerprint density at radius 1 is 1.21 bits per heavy atom. The van der Waals surface area contributed by atoms with Gasteiger partial charge in [-0.1, -0.05) is 11.6 Å². The molecule has 1 amide bonds. The molecule has 0 aliphatic carbocycles. The highest BCUT2D eigenvalue weighted by Crippen LogP contribution is 2.27. The standard InChI is InChI=1S/C14H16ClFN2O5S/c1-9(19)17-3-2-4-18(6-5-17)24(22,23)13-7-10(14(20)21)11(15)8-12(13)16/h7-8H,2-6H2,1H3,(H,20,21). The van der Waals surface area contributed by atoms with Crippen LogP contribution in [-0.4, -0.2) is 60.8 Å². The Labute approximate surface area is 143 Å². The third-order valence-electron chi connectivity index (χ3n) is 3.77. The molecule has 1 heterocycles. The van der Waals surface area contributed by atoms with Gasteiger partial charge in [0.1, 0.15) is 10.7 Å². The number of sulfonamides is 1. The summed E-state index contributed by atoms with van der Waals surface area (Å²) in [4.78, 5) is 23.3. The molecule has 1 aromatic carbocycles. The second-order valence-electron chi connectivity index (χ2n) is 5.33. The summed E-state index contributed by atoms with van der Waals surface area (Å²) in [6.07, 6.45) is 0.403. The van der Waals surface area contributed by atoms with Gasteiger partial charge >= 0.3 is 5.97 Å². The van der Waals surface area contributed by atoms with E-state index in [9.17, 15) is 22.4 Å². The van der Waals surface area contributed by atoms with Crippen molar-refractivity contribution in [3.63, 3.8) is 0 Å². The molecular formula is C14H16ClFN2O5S. The lowest BCUT2D eigenvalue weighted by Gasteiger charge is -2.21. The number of carbonyl (C=O) groups is 2. The highest BCUT2D eigenvalue weighted by atomic mass is 35.5. The van der Waals surface area contributed by atoms with Crippen LogP contribution in [0, 0.1) is 5.82 Å². The normalized spacial score (nSPS) is 16.7. The lowest BCUT2D eigenvalue weighted by molar-refractivity contribution is -0.128. The largest absolute Gasteiger partial charge is 0.478 e. The second kappa shape index (κ2) is 7.04. The summed E-state index contributed by atoms with van der Waals surface area (Å²) in [5.41, 5.74) is -0.489. The van der Waals surface area contributed by atoms with E-state index in [4.69, 9.17) is 16.7 Å². The fourth-order valence-corrected chi connectivity index (χ4v) is 4.25. The molecule has 0 aromatic heterocycles. The minimum atomic E-state index is -4.24. The van der Waals surface area contributed by atoms with Crippen LogP contribution in [0.4, 0.5) is 4.39 Å². The lowest BCUT2D eigenvalue weighted by Crippen LogP contribution is -2.36. The third-order valence-corrected chi connectivity index (χ3v) is 6.00. The first-order chi connectivity index (χ1) is 11.1. The van der Waals surface area contributed by atoms with Crippen molar-refractivity contribution in [3.05, 3.63) is 28.5 Å². The molecule has 1 aliphatic rings. The smallest absolute Gasteiger partial charge is 0.337 e. The average molecular weight is 379 g/mol. The van der Waals surface area contributed by atoms with Gasteiger partial charge in [-0.25, -0.2) is 17.6 Å². The summed E-state index contributed by atoms with van der Waals surface area (Å²) in [5, 5.41) is 8.66. The van der Waals surface area contributed by atoms with Crippen LogP contribution >= 0.6 is 11.6 Å². The maximum Gasteiger partial charge on any atom is 0.337 e. The van der Waals surface area contributed by atoms with E-state index < -0.39 is 32.3 Å². The van der Waals surface area contributed by atoms with Gasteiger partial charge in [0.2, 0.25) is 15.9 Å². The molecule has 1 fully saturated rings. The molecule has 0 bridgehead atoms. The van der Waals surface area contributed by atoms with E-state index in [0.29, 0.717) is 19.0 Å². The molecule has 10 heteroatoms. The second-order valence-corrected chi connectivity index (χ2v) is 7.64. The first-order valence-corrected chi connectivity index (χ1v) is 8.94. The number of halogens is 2. The Balaban J connectivity index is 2.38.